The summed E-state index contributed by atoms with van der Waals surface area (Å²) in [4.78, 5) is 12.7. The molecule has 0 N–H and O–H groups in total. The Bertz CT molecular complexity index is 888. The van der Waals surface area contributed by atoms with E-state index in [9.17, 15) is 4.79 Å². The first-order valence-electron chi connectivity index (χ1n) is 7.39. The highest BCUT2D eigenvalue weighted by atomic mass is 79.9. The lowest BCUT2D eigenvalue weighted by atomic mass is 10.1. The van der Waals surface area contributed by atoms with Crippen LogP contribution in [0.5, 0.6) is 11.5 Å². The van der Waals surface area contributed by atoms with Crippen molar-refractivity contribution in [3.05, 3.63) is 58.1 Å². The molecule has 5 nitrogen and oxygen atoms in total. The zero-order chi connectivity index (χ0) is 16.7. The fourth-order valence-corrected chi connectivity index (χ4v) is 2.88. The number of benzene rings is 2. The molecule has 0 unspecified atom stereocenters. The average Bonchev–Trinajstić information content (AvgIpc) is 3.15. The van der Waals surface area contributed by atoms with Gasteiger partial charge in [0, 0.05) is 4.47 Å². The lowest BCUT2D eigenvalue weighted by Crippen LogP contribution is -2.21. The van der Waals surface area contributed by atoms with Crippen molar-refractivity contribution in [3.63, 3.8) is 0 Å². The number of halogens is 1. The molecular weight excluding hydrogens is 372 g/mol. The highest BCUT2D eigenvalue weighted by Gasteiger charge is 2.28. The molecule has 6 heteroatoms. The maximum absolute atomic E-state index is 12.7. The summed E-state index contributed by atoms with van der Waals surface area (Å²) < 4.78 is 11.6. The van der Waals surface area contributed by atoms with Gasteiger partial charge in [0.1, 0.15) is 0 Å². The van der Waals surface area contributed by atoms with Crippen LogP contribution in [0.3, 0.4) is 0 Å². The predicted molar refractivity (Wildman–Crippen MR) is 95.3 cm³/mol. The van der Waals surface area contributed by atoms with E-state index < -0.39 is 0 Å². The Morgan fingerprint density at radius 3 is 2.67 bits per heavy atom. The molecule has 0 aromatic heterocycles. The highest BCUT2D eigenvalue weighted by Crippen LogP contribution is 2.34. The molecule has 24 heavy (non-hydrogen) atoms. The van der Waals surface area contributed by atoms with Crippen LogP contribution in [-0.4, -0.2) is 18.4 Å². The summed E-state index contributed by atoms with van der Waals surface area (Å²) in [5, 5.41) is 5.80. The van der Waals surface area contributed by atoms with E-state index in [0.717, 1.165) is 21.5 Å². The molecule has 0 spiro atoms. The maximum atomic E-state index is 12.7. The molecule has 120 valence electrons. The van der Waals surface area contributed by atoms with Crippen LogP contribution in [0.4, 0.5) is 5.69 Å². The van der Waals surface area contributed by atoms with Crippen molar-refractivity contribution < 1.29 is 14.3 Å². The predicted octanol–water partition coefficient (Wildman–Crippen LogP) is 3.98. The highest BCUT2D eigenvalue weighted by molar-refractivity contribution is 9.10. The summed E-state index contributed by atoms with van der Waals surface area (Å²) in [6, 6.07) is 13.1. The summed E-state index contributed by atoms with van der Waals surface area (Å²) >= 11 is 3.39. The second kappa shape index (κ2) is 5.79. The van der Waals surface area contributed by atoms with Gasteiger partial charge in [-0.3, -0.25) is 4.79 Å². The van der Waals surface area contributed by atoms with Crippen LogP contribution >= 0.6 is 15.9 Å². The van der Waals surface area contributed by atoms with Gasteiger partial charge in [-0.05, 0) is 55.0 Å². The van der Waals surface area contributed by atoms with Crippen molar-refractivity contribution in [2.45, 2.75) is 6.92 Å². The Labute approximate surface area is 147 Å². The standard InChI is InChI=1S/C18H13BrN2O3/c1-11-15(8-12-2-7-16-17(9-12)24-10-23-16)18(22)21(20-11)14-5-3-13(19)4-6-14/h2-9H,10H2,1H3/b15-8+. The lowest BCUT2D eigenvalue weighted by Gasteiger charge is -2.11. The number of amides is 1. The maximum Gasteiger partial charge on any atom is 0.280 e. The molecule has 0 saturated carbocycles. The molecule has 0 atom stereocenters. The SMILES string of the molecule is CC1=NN(c2ccc(Br)cc2)C(=O)/C1=C/c1ccc2c(c1)OCO2. The van der Waals surface area contributed by atoms with E-state index in [2.05, 4.69) is 21.0 Å². The minimum absolute atomic E-state index is 0.146. The Morgan fingerprint density at radius 2 is 1.88 bits per heavy atom. The largest absolute Gasteiger partial charge is 0.454 e. The van der Waals surface area contributed by atoms with Gasteiger partial charge in [-0.2, -0.15) is 10.1 Å². The molecule has 0 saturated heterocycles. The number of hydrogen-bond acceptors (Lipinski definition) is 4. The van der Waals surface area contributed by atoms with Crippen molar-refractivity contribution >= 4 is 39.3 Å². The van der Waals surface area contributed by atoms with E-state index in [4.69, 9.17) is 9.47 Å². The molecule has 2 heterocycles. The first-order chi connectivity index (χ1) is 11.6. The van der Waals surface area contributed by atoms with E-state index in [1.807, 2.05) is 55.5 Å². The first-order valence-corrected chi connectivity index (χ1v) is 8.18. The van der Waals surface area contributed by atoms with Crippen molar-refractivity contribution in [3.8, 4) is 11.5 Å². The van der Waals surface area contributed by atoms with Crippen molar-refractivity contribution in [2.75, 3.05) is 11.8 Å². The Kier molecular flexibility index (Phi) is 3.61. The third-order valence-electron chi connectivity index (χ3n) is 3.84. The van der Waals surface area contributed by atoms with Gasteiger partial charge in [0.15, 0.2) is 11.5 Å². The number of carbonyl (C=O) groups excluding carboxylic acids is 1. The number of hydrogen-bond donors (Lipinski definition) is 0. The van der Waals surface area contributed by atoms with E-state index >= 15 is 0 Å². The Hall–Kier alpha value is -2.60. The minimum atomic E-state index is -0.146. The number of rotatable bonds is 2. The molecule has 2 aromatic carbocycles. The van der Waals surface area contributed by atoms with Crippen LogP contribution in [0, 0.1) is 0 Å². The number of ether oxygens (including phenoxy) is 2. The lowest BCUT2D eigenvalue weighted by molar-refractivity contribution is -0.114. The second-order valence-electron chi connectivity index (χ2n) is 5.45. The molecule has 0 aliphatic carbocycles. The van der Waals surface area contributed by atoms with Crippen LogP contribution in [0.15, 0.2) is 57.6 Å². The first kappa shape index (κ1) is 15.0. The minimum Gasteiger partial charge on any atom is -0.454 e. The summed E-state index contributed by atoms with van der Waals surface area (Å²) in [6.07, 6.45) is 1.82. The van der Waals surface area contributed by atoms with E-state index in [1.165, 1.54) is 5.01 Å². The van der Waals surface area contributed by atoms with Crippen LogP contribution in [0.2, 0.25) is 0 Å². The van der Waals surface area contributed by atoms with Gasteiger partial charge in [0.2, 0.25) is 6.79 Å². The summed E-state index contributed by atoms with van der Waals surface area (Å²) in [5.74, 6) is 1.26. The summed E-state index contributed by atoms with van der Waals surface area (Å²) in [6.45, 7) is 2.06. The van der Waals surface area contributed by atoms with E-state index in [0.29, 0.717) is 17.0 Å². The Morgan fingerprint density at radius 1 is 1.12 bits per heavy atom. The van der Waals surface area contributed by atoms with E-state index in [1.54, 1.807) is 0 Å². The topological polar surface area (TPSA) is 51.1 Å². The molecule has 0 bridgehead atoms. The summed E-state index contributed by atoms with van der Waals surface area (Å²) in [7, 11) is 0. The van der Waals surface area contributed by atoms with Crippen LogP contribution in [0.1, 0.15) is 12.5 Å². The molecule has 4 rings (SSSR count). The number of hydrazone groups is 1. The monoisotopic (exact) mass is 384 g/mol. The summed E-state index contributed by atoms with van der Waals surface area (Å²) in [5.41, 5.74) is 2.85. The molecule has 2 aliphatic heterocycles. The number of fused-ring (bicyclic) bond motifs is 1. The van der Waals surface area contributed by atoms with Gasteiger partial charge in [-0.25, -0.2) is 0 Å². The third kappa shape index (κ3) is 2.59. The van der Waals surface area contributed by atoms with Crippen molar-refractivity contribution in [1.29, 1.82) is 0 Å². The molecular formula is C18H13BrN2O3. The van der Waals surface area contributed by atoms with Gasteiger partial charge in [-0.15, -0.1) is 0 Å². The second-order valence-corrected chi connectivity index (χ2v) is 6.37. The molecule has 0 fully saturated rings. The van der Waals surface area contributed by atoms with Gasteiger partial charge < -0.3 is 9.47 Å². The molecule has 2 aliphatic rings. The number of nitrogens with zero attached hydrogens (tertiary/aromatic N) is 2. The normalized spacial score (nSPS) is 17.6. The van der Waals surface area contributed by atoms with Gasteiger partial charge >= 0.3 is 0 Å². The third-order valence-corrected chi connectivity index (χ3v) is 4.37. The molecule has 1 amide bonds. The zero-order valence-corrected chi connectivity index (χ0v) is 14.4. The smallest absolute Gasteiger partial charge is 0.280 e. The molecule has 0 radical (unpaired) electrons. The van der Waals surface area contributed by atoms with Crippen LogP contribution in [-0.2, 0) is 4.79 Å². The quantitative estimate of drug-likeness (QED) is 0.735. The van der Waals surface area contributed by atoms with Gasteiger partial charge in [-0.1, -0.05) is 22.0 Å². The number of carbonyl (C=O) groups is 1. The fraction of sp³-hybridized carbons (Fsp3) is 0.111. The molecule has 2 aromatic rings. The van der Waals surface area contributed by atoms with Crippen molar-refractivity contribution in [2.24, 2.45) is 5.10 Å². The zero-order valence-electron chi connectivity index (χ0n) is 12.8. The number of anilines is 1. The average molecular weight is 385 g/mol. The van der Waals surface area contributed by atoms with Gasteiger partial charge in [0.25, 0.3) is 5.91 Å². The fourth-order valence-electron chi connectivity index (χ4n) is 2.61. The Balaban J connectivity index is 1.66. The van der Waals surface area contributed by atoms with Crippen LogP contribution < -0.4 is 14.5 Å². The van der Waals surface area contributed by atoms with Gasteiger partial charge in [0.05, 0.1) is 17.0 Å². The van der Waals surface area contributed by atoms with E-state index in [-0.39, 0.29) is 12.7 Å². The van der Waals surface area contributed by atoms with Crippen molar-refractivity contribution in [1.82, 2.24) is 0 Å². The van der Waals surface area contributed by atoms with Crippen LogP contribution in [0.25, 0.3) is 6.08 Å².